The lowest BCUT2D eigenvalue weighted by molar-refractivity contribution is -0.131. The molecule has 0 unspecified atom stereocenters. The number of rotatable bonds is 7. The van der Waals surface area contributed by atoms with Gasteiger partial charge in [0.15, 0.2) is 0 Å². The Morgan fingerprint density at radius 3 is 2.55 bits per heavy atom. The average Bonchev–Trinajstić information content (AvgIpc) is 3.28. The maximum Gasteiger partial charge on any atom is 0.252 e. The molecular formula is C21H22ClN5O2. The van der Waals surface area contributed by atoms with Crippen LogP contribution in [-0.2, 0) is 4.79 Å². The number of halogens is 1. The standard InChI is InChI=1S/C21H22ClN5O2/c1-15(16-7-9-17(10-8-16)27-14-23-13-25-27)26(2)20(28)11-12-24-21(29)18-5-3-4-6-19(18)22/h3-10,13-15H,11-12H2,1-2H3,(H,24,29)/t15-/m0/s1. The van der Waals surface area contributed by atoms with Gasteiger partial charge in [-0.1, -0.05) is 35.9 Å². The van der Waals surface area contributed by atoms with Gasteiger partial charge in [-0.3, -0.25) is 9.59 Å². The molecule has 3 aromatic rings. The second kappa shape index (κ2) is 9.34. The first-order chi connectivity index (χ1) is 14.0. The van der Waals surface area contributed by atoms with E-state index in [0.717, 1.165) is 11.3 Å². The molecule has 0 saturated carbocycles. The normalized spacial score (nSPS) is 11.7. The lowest BCUT2D eigenvalue weighted by Crippen LogP contribution is -2.33. The van der Waals surface area contributed by atoms with E-state index >= 15 is 0 Å². The minimum Gasteiger partial charge on any atom is -0.351 e. The van der Waals surface area contributed by atoms with E-state index in [9.17, 15) is 9.59 Å². The van der Waals surface area contributed by atoms with Crippen LogP contribution in [0.5, 0.6) is 0 Å². The van der Waals surface area contributed by atoms with Crippen LogP contribution in [0.3, 0.4) is 0 Å². The molecule has 0 aliphatic rings. The number of hydrogen-bond donors (Lipinski definition) is 1. The van der Waals surface area contributed by atoms with Gasteiger partial charge in [-0.15, -0.1) is 0 Å². The predicted molar refractivity (Wildman–Crippen MR) is 111 cm³/mol. The van der Waals surface area contributed by atoms with Crippen molar-refractivity contribution in [1.82, 2.24) is 25.0 Å². The van der Waals surface area contributed by atoms with Gasteiger partial charge >= 0.3 is 0 Å². The number of carbonyl (C=O) groups excluding carboxylic acids is 2. The molecule has 29 heavy (non-hydrogen) atoms. The molecular weight excluding hydrogens is 390 g/mol. The molecule has 2 aromatic carbocycles. The van der Waals surface area contributed by atoms with Crippen LogP contribution >= 0.6 is 11.6 Å². The minimum atomic E-state index is -0.289. The lowest BCUT2D eigenvalue weighted by Gasteiger charge is -2.25. The Hall–Kier alpha value is -3.19. The van der Waals surface area contributed by atoms with Gasteiger partial charge in [0.2, 0.25) is 5.91 Å². The number of nitrogens with zero attached hydrogens (tertiary/aromatic N) is 4. The van der Waals surface area contributed by atoms with Crippen LogP contribution in [0.25, 0.3) is 5.69 Å². The zero-order chi connectivity index (χ0) is 20.8. The van der Waals surface area contributed by atoms with E-state index in [4.69, 9.17) is 11.6 Å². The molecule has 0 fully saturated rings. The SMILES string of the molecule is C[C@@H](c1ccc(-n2cncn2)cc1)N(C)C(=O)CCNC(=O)c1ccccc1Cl. The highest BCUT2D eigenvalue weighted by Gasteiger charge is 2.18. The van der Waals surface area contributed by atoms with E-state index in [0.29, 0.717) is 10.6 Å². The Morgan fingerprint density at radius 1 is 1.17 bits per heavy atom. The van der Waals surface area contributed by atoms with E-state index in [1.165, 1.54) is 6.33 Å². The number of hydrogen-bond acceptors (Lipinski definition) is 4. The van der Waals surface area contributed by atoms with Crippen LogP contribution < -0.4 is 5.32 Å². The van der Waals surface area contributed by atoms with Gasteiger partial charge in [-0.05, 0) is 36.8 Å². The Bertz CT molecular complexity index is 973. The molecule has 0 bridgehead atoms. The van der Waals surface area contributed by atoms with Crippen LogP contribution in [0.2, 0.25) is 5.02 Å². The van der Waals surface area contributed by atoms with Crippen LogP contribution in [0, 0.1) is 0 Å². The van der Waals surface area contributed by atoms with E-state index in [1.54, 1.807) is 47.2 Å². The summed E-state index contributed by atoms with van der Waals surface area (Å²) in [6, 6.07) is 14.5. The first-order valence-electron chi connectivity index (χ1n) is 9.20. The zero-order valence-corrected chi connectivity index (χ0v) is 17.0. The number of carbonyl (C=O) groups is 2. The Morgan fingerprint density at radius 2 is 1.90 bits per heavy atom. The van der Waals surface area contributed by atoms with Crippen molar-refractivity contribution in [2.24, 2.45) is 0 Å². The molecule has 150 valence electrons. The molecule has 0 radical (unpaired) electrons. The topological polar surface area (TPSA) is 80.1 Å². The quantitative estimate of drug-likeness (QED) is 0.647. The van der Waals surface area contributed by atoms with Gasteiger partial charge in [0, 0.05) is 20.0 Å². The highest BCUT2D eigenvalue weighted by molar-refractivity contribution is 6.33. The van der Waals surface area contributed by atoms with Crippen molar-refractivity contribution in [3.8, 4) is 5.69 Å². The number of aromatic nitrogens is 3. The summed E-state index contributed by atoms with van der Waals surface area (Å²) in [5.41, 5.74) is 2.30. The van der Waals surface area contributed by atoms with Crippen molar-refractivity contribution < 1.29 is 9.59 Å². The van der Waals surface area contributed by atoms with E-state index in [-0.39, 0.29) is 30.8 Å². The Balaban J connectivity index is 1.53. The fraction of sp³-hybridized carbons (Fsp3) is 0.238. The Kier molecular flexibility index (Phi) is 6.61. The molecule has 1 atom stereocenters. The van der Waals surface area contributed by atoms with Crippen molar-refractivity contribution in [1.29, 1.82) is 0 Å². The van der Waals surface area contributed by atoms with Crippen LogP contribution in [0.15, 0.2) is 61.2 Å². The van der Waals surface area contributed by atoms with E-state index in [2.05, 4.69) is 15.4 Å². The van der Waals surface area contributed by atoms with Crippen molar-refractivity contribution in [2.45, 2.75) is 19.4 Å². The molecule has 1 N–H and O–H groups in total. The maximum atomic E-state index is 12.5. The third-order valence-corrected chi connectivity index (χ3v) is 5.11. The second-order valence-electron chi connectivity index (χ2n) is 6.60. The second-order valence-corrected chi connectivity index (χ2v) is 7.01. The molecule has 0 aliphatic carbocycles. The third kappa shape index (κ3) is 5.00. The fourth-order valence-corrected chi connectivity index (χ4v) is 3.11. The summed E-state index contributed by atoms with van der Waals surface area (Å²) in [7, 11) is 1.76. The van der Waals surface area contributed by atoms with Gasteiger partial charge < -0.3 is 10.2 Å². The third-order valence-electron chi connectivity index (χ3n) is 4.78. The Labute approximate surface area is 174 Å². The molecule has 2 amide bonds. The van der Waals surface area contributed by atoms with Crippen molar-refractivity contribution >= 4 is 23.4 Å². The van der Waals surface area contributed by atoms with Crippen molar-refractivity contribution in [3.63, 3.8) is 0 Å². The molecule has 1 heterocycles. The van der Waals surface area contributed by atoms with E-state index in [1.807, 2.05) is 31.2 Å². The van der Waals surface area contributed by atoms with Crippen LogP contribution in [-0.4, -0.2) is 45.1 Å². The lowest BCUT2D eigenvalue weighted by atomic mass is 10.1. The molecule has 3 rings (SSSR count). The maximum absolute atomic E-state index is 12.5. The van der Waals surface area contributed by atoms with Crippen molar-refractivity contribution in [2.75, 3.05) is 13.6 Å². The molecule has 1 aromatic heterocycles. The van der Waals surface area contributed by atoms with Gasteiger partial charge in [-0.25, -0.2) is 9.67 Å². The highest BCUT2D eigenvalue weighted by Crippen LogP contribution is 2.21. The molecule has 8 heteroatoms. The molecule has 7 nitrogen and oxygen atoms in total. The van der Waals surface area contributed by atoms with Crippen LogP contribution in [0.4, 0.5) is 0 Å². The largest absolute Gasteiger partial charge is 0.351 e. The van der Waals surface area contributed by atoms with E-state index < -0.39 is 0 Å². The fourth-order valence-electron chi connectivity index (χ4n) is 2.89. The number of nitrogens with one attached hydrogen (secondary N) is 1. The predicted octanol–water partition coefficient (Wildman–Crippen LogP) is 3.26. The molecule has 0 aliphatic heterocycles. The van der Waals surface area contributed by atoms with Gasteiger partial charge in [0.25, 0.3) is 5.91 Å². The highest BCUT2D eigenvalue weighted by atomic mass is 35.5. The first kappa shape index (κ1) is 20.5. The zero-order valence-electron chi connectivity index (χ0n) is 16.2. The summed E-state index contributed by atoms with van der Waals surface area (Å²) in [5, 5.41) is 7.22. The van der Waals surface area contributed by atoms with Gasteiger partial charge in [0.05, 0.1) is 22.3 Å². The monoisotopic (exact) mass is 411 g/mol. The summed E-state index contributed by atoms with van der Waals surface area (Å²) < 4.78 is 1.67. The van der Waals surface area contributed by atoms with Gasteiger partial charge in [-0.2, -0.15) is 5.10 Å². The summed E-state index contributed by atoms with van der Waals surface area (Å²) in [5.74, 6) is -0.347. The number of amides is 2. The summed E-state index contributed by atoms with van der Waals surface area (Å²) in [4.78, 5) is 30.3. The van der Waals surface area contributed by atoms with Gasteiger partial charge in [0.1, 0.15) is 12.7 Å². The van der Waals surface area contributed by atoms with Crippen LogP contribution in [0.1, 0.15) is 35.3 Å². The van der Waals surface area contributed by atoms with Crippen molar-refractivity contribution in [3.05, 3.63) is 77.3 Å². The summed E-state index contributed by atoms with van der Waals surface area (Å²) >= 11 is 6.02. The summed E-state index contributed by atoms with van der Waals surface area (Å²) in [6.07, 6.45) is 3.31. The molecule has 0 saturated heterocycles. The minimum absolute atomic E-state index is 0.0580. The first-order valence-corrected chi connectivity index (χ1v) is 9.58. The molecule has 0 spiro atoms. The smallest absolute Gasteiger partial charge is 0.252 e. The average molecular weight is 412 g/mol. The number of benzene rings is 2. The summed E-state index contributed by atoms with van der Waals surface area (Å²) in [6.45, 7) is 2.20.